The van der Waals surface area contributed by atoms with E-state index in [-0.39, 0.29) is 37.0 Å². The van der Waals surface area contributed by atoms with Crippen molar-refractivity contribution in [2.45, 2.75) is 26.5 Å². The number of amidine groups is 1. The second-order valence-corrected chi connectivity index (χ2v) is 7.97. The van der Waals surface area contributed by atoms with Gasteiger partial charge in [0.2, 0.25) is 5.88 Å². The van der Waals surface area contributed by atoms with Gasteiger partial charge in [-0.3, -0.25) is 10.2 Å². The number of nitrogens with zero attached hydrogens (tertiary/aromatic N) is 3. The number of halogens is 1. The normalized spacial score (nSPS) is 19.5. The number of carbonyl (C=O) groups is 1. The minimum atomic E-state index is -0.492. The van der Waals surface area contributed by atoms with Gasteiger partial charge < -0.3 is 20.7 Å². The number of hydrazone groups is 1. The molecule has 0 saturated heterocycles. The highest BCUT2D eigenvalue weighted by Gasteiger charge is 2.26. The van der Waals surface area contributed by atoms with E-state index in [2.05, 4.69) is 32.6 Å². The number of rotatable bonds is 1. The zero-order chi connectivity index (χ0) is 24.2. The topological polar surface area (TPSA) is 115 Å². The number of ether oxygens (including phenoxy) is 1. The van der Waals surface area contributed by atoms with Crippen LogP contribution in [0.25, 0.3) is 5.57 Å². The molecule has 1 amide bonds. The SMILES string of the molecule is C=C1C(=O)NC[C@H](C)Oc2ncc(F)cc2CNC2=C(c3ccccc3)C(=N)N(CN2)N=C1C. The Balaban J connectivity index is 1.79. The van der Waals surface area contributed by atoms with Crippen LogP contribution in [0.3, 0.4) is 0 Å². The molecule has 0 radical (unpaired) electrons. The van der Waals surface area contributed by atoms with Gasteiger partial charge in [0.05, 0.1) is 29.6 Å². The summed E-state index contributed by atoms with van der Waals surface area (Å²) in [6, 6.07) is 10.8. The molecule has 1 aromatic carbocycles. The molecular formula is C24H26FN7O2. The first kappa shape index (κ1) is 23.0. The molecule has 1 atom stereocenters. The molecule has 2 aromatic rings. The Morgan fingerprint density at radius 1 is 1.24 bits per heavy atom. The molecule has 3 aliphatic heterocycles. The van der Waals surface area contributed by atoms with E-state index in [1.807, 2.05) is 30.3 Å². The summed E-state index contributed by atoms with van der Waals surface area (Å²) in [5.74, 6) is 0.0950. The van der Waals surface area contributed by atoms with Gasteiger partial charge in [-0.1, -0.05) is 36.9 Å². The molecule has 2 bridgehead atoms. The van der Waals surface area contributed by atoms with Crippen LogP contribution in [0.4, 0.5) is 4.39 Å². The molecule has 0 fully saturated rings. The van der Waals surface area contributed by atoms with Gasteiger partial charge in [0.1, 0.15) is 24.4 Å². The van der Waals surface area contributed by atoms with E-state index in [9.17, 15) is 9.18 Å². The van der Waals surface area contributed by atoms with Crippen LogP contribution in [0, 0.1) is 11.2 Å². The molecule has 0 saturated carbocycles. The molecule has 3 aliphatic rings. The van der Waals surface area contributed by atoms with E-state index in [0.29, 0.717) is 22.7 Å². The molecule has 176 valence electrons. The van der Waals surface area contributed by atoms with Gasteiger partial charge >= 0.3 is 0 Å². The summed E-state index contributed by atoms with van der Waals surface area (Å²) < 4.78 is 19.9. The fourth-order valence-corrected chi connectivity index (χ4v) is 3.56. The fraction of sp³-hybridized carbons (Fsp3) is 0.250. The lowest BCUT2D eigenvalue weighted by Gasteiger charge is -2.32. The predicted octanol–water partition coefficient (Wildman–Crippen LogP) is 2.35. The van der Waals surface area contributed by atoms with Crippen molar-refractivity contribution in [2.24, 2.45) is 5.10 Å². The summed E-state index contributed by atoms with van der Waals surface area (Å²) in [5, 5.41) is 24.1. The Morgan fingerprint density at radius 2 is 2.00 bits per heavy atom. The van der Waals surface area contributed by atoms with Crippen molar-refractivity contribution in [2.75, 3.05) is 13.2 Å². The molecule has 4 N–H and O–H groups in total. The van der Waals surface area contributed by atoms with Crippen LogP contribution < -0.4 is 20.7 Å². The molecule has 9 nitrogen and oxygen atoms in total. The highest BCUT2D eigenvalue weighted by molar-refractivity contribution is 6.24. The molecular weight excluding hydrogens is 437 g/mol. The van der Waals surface area contributed by atoms with E-state index in [1.165, 1.54) is 11.1 Å². The number of carbonyl (C=O) groups excluding carboxylic acids is 1. The number of aromatic nitrogens is 1. The second kappa shape index (κ2) is 9.74. The maximum atomic E-state index is 14.0. The molecule has 4 heterocycles. The molecule has 34 heavy (non-hydrogen) atoms. The summed E-state index contributed by atoms with van der Waals surface area (Å²) in [6.45, 7) is 7.89. The Hall–Kier alpha value is -4.21. The van der Waals surface area contributed by atoms with Crippen molar-refractivity contribution >= 4 is 23.0 Å². The monoisotopic (exact) mass is 463 g/mol. The van der Waals surface area contributed by atoms with Crippen LogP contribution in [-0.4, -0.2) is 46.8 Å². The first-order valence-corrected chi connectivity index (χ1v) is 10.8. The van der Waals surface area contributed by atoms with Crippen molar-refractivity contribution in [1.82, 2.24) is 25.9 Å². The summed E-state index contributed by atoms with van der Waals surface area (Å²) in [5.41, 5.74) is 2.43. The molecule has 0 spiro atoms. The maximum absolute atomic E-state index is 14.0. The predicted molar refractivity (Wildman–Crippen MR) is 127 cm³/mol. The van der Waals surface area contributed by atoms with E-state index in [4.69, 9.17) is 10.1 Å². The number of hydrogen-bond acceptors (Lipinski definition) is 7. The minimum Gasteiger partial charge on any atom is -0.473 e. The molecule has 10 heteroatoms. The van der Waals surface area contributed by atoms with Gasteiger partial charge in [-0.05, 0) is 25.5 Å². The van der Waals surface area contributed by atoms with Gasteiger partial charge in [0.15, 0.2) is 5.84 Å². The summed E-state index contributed by atoms with van der Waals surface area (Å²) in [6.07, 6.45) is 0.662. The number of hydrogen-bond donors (Lipinski definition) is 4. The van der Waals surface area contributed by atoms with Crippen molar-refractivity contribution in [1.29, 1.82) is 5.41 Å². The lowest BCUT2D eigenvalue weighted by Crippen LogP contribution is -2.45. The number of nitrogens with one attached hydrogen (secondary N) is 4. The van der Waals surface area contributed by atoms with Crippen LogP contribution in [0.2, 0.25) is 0 Å². The zero-order valence-corrected chi connectivity index (χ0v) is 19.0. The van der Waals surface area contributed by atoms with Crippen LogP contribution in [0.5, 0.6) is 5.88 Å². The van der Waals surface area contributed by atoms with Crippen LogP contribution >= 0.6 is 0 Å². The van der Waals surface area contributed by atoms with Gasteiger partial charge in [0, 0.05) is 12.1 Å². The Morgan fingerprint density at radius 3 is 2.76 bits per heavy atom. The zero-order valence-electron chi connectivity index (χ0n) is 19.0. The quantitative estimate of drug-likeness (QED) is 0.483. The third-order valence-corrected chi connectivity index (χ3v) is 5.40. The van der Waals surface area contributed by atoms with Crippen molar-refractivity contribution < 1.29 is 13.9 Å². The van der Waals surface area contributed by atoms with Crippen molar-refractivity contribution in [3.8, 4) is 5.88 Å². The fourth-order valence-electron chi connectivity index (χ4n) is 3.56. The molecule has 0 aliphatic carbocycles. The number of pyridine rings is 1. The van der Waals surface area contributed by atoms with Crippen molar-refractivity contribution in [3.05, 3.63) is 77.5 Å². The van der Waals surface area contributed by atoms with E-state index in [1.54, 1.807) is 13.8 Å². The average molecular weight is 464 g/mol. The Labute approximate surface area is 196 Å². The van der Waals surface area contributed by atoms with Gasteiger partial charge in [-0.15, -0.1) is 0 Å². The minimum absolute atomic E-state index is 0.134. The van der Waals surface area contributed by atoms with Crippen LogP contribution in [0.1, 0.15) is 25.0 Å². The van der Waals surface area contributed by atoms with Gasteiger partial charge in [-0.2, -0.15) is 5.10 Å². The first-order chi connectivity index (χ1) is 16.3. The van der Waals surface area contributed by atoms with E-state index >= 15 is 0 Å². The summed E-state index contributed by atoms with van der Waals surface area (Å²) in [7, 11) is 0. The highest BCUT2D eigenvalue weighted by atomic mass is 19.1. The number of amides is 1. The number of benzene rings is 1. The highest BCUT2D eigenvalue weighted by Crippen LogP contribution is 2.25. The lowest BCUT2D eigenvalue weighted by atomic mass is 10.0. The summed E-state index contributed by atoms with van der Waals surface area (Å²) in [4.78, 5) is 16.7. The lowest BCUT2D eigenvalue weighted by molar-refractivity contribution is -0.117. The first-order valence-electron chi connectivity index (χ1n) is 10.8. The smallest absolute Gasteiger partial charge is 0.252 e. The molecule has 0 unspecified atom stereocenters. The van der Waals surface area contributed by atoms with Gasteiger partial charge in [0.25, 0.3) is 5.91 Å². The third kappa shape index (κ3) is 4.90. The second-order valence-electron chi connectivity index (χ2n) is 7.97. The Bertz CT molecular complexity index is 1190. The Kier molecular flexibility index (Phi) is 6.58. The van der Waals surface area contributed by atoms with Crippen molar-refractivity contribution in [3.63, 3.8) is 0 Å². The molecule has 1 aromatic heterocycles. The van der Waals surface area contributed by atoms with E-state index in [0.717, 1.165) is 11.8 Å². The van der Waals surface area contributed by atoms with Crippen LogP contribution in [0.15, 0.2) is 65.7 Å². The van der Waals surface area contributed by atoms with Crippen LogP contribution in [-0.2, 0) is 11.3 Å². The van der Waals surface area contributed by atoms with Gasteiger partial charge in [-0.25, -0.2) is 14.4 Å². The average Bonchev–Trinajstić information content (AvgIpc) is 2.83. The largest absolute Gasteiger partial charge is 0.473 e. The third-order valence-electron chi connectivity index (χ3n) is 5.40. The van der Waals surface area contributed by atoms with E-state index < -0.39 is 17.8 Å². The maximum Gasteiger partial charge on any atom is 0.252 e. The number of fused-ring (bicyclic) bond motifs is 9. The summed E-state index contributed by atoms with van der Waals surface area (Å²) >= 11 is 0. The standard InChI is InChI=1S/C24H26FN7O2/c1-14-10-28-23(33)15(2)16(3)31-32-13-30-22(20(21(32)26)17-7-5-4-6-8-17)27-11-18-9-19(25)12-29-24(18)34-14/h4-9,12,14,26-27,30H,2,10-11,13H2,1,3H3,(H,28,33)/t14-/m0/s1. The molecule has 5 rings (SSSR count).